The van der Waals surface area contributed by atoms with Crippen molar-refractivity contribution >= 4 is 33.5 Å². The molecule has 6 heteroatoms. The summed E-state index contributed by atoms with van der Waals surface area (Å²) in [6.45, 7) is 11.5. The van der Waals surface area contributed by atoms with Gasteiger partial charge in [-0.15, -0.1) is 11.3 Å². The summed E-state index contributed by atoms with van der Waals surface area (Å²) in [5.41, 5.74) is 7.88. The highest BCUT2D eigenvalue weighted by Gasteiger charge is 2.18. The van der Waals surface area contributed by atoms with Crippen molar-refractivity contribution in [1.82, 2.24) is 20.2 Å². The van der Waals surface area contributed by atoms with Gasteiger partial charge in [-0.3, -0.25) is 5.10 Å². The molecule has 0 aliphatic carbocycles. The molecule has 0 atom stereocenters. The van der Waals surface area contributed by atoms with Gasteiger partial charge >= 0.3 is 0 Å². The molecule has 4 rings (SSSR count). The van der Waals surface area contributed by atoms with Gasteiger partial charge in [-0.25, -0.2) is 4.98 Å². The van der Waals surface area contributed by atoms with Crippen molar-refractivity contribution in [2.45, 2.75) is 13.8 Å². The minimum Gasteiger partial charge on any atom is -0.357 e. The fourth-order valence-corrected chi connectivity index (χ4v) is 4.37. The first kappa shape index (κ1) is 21.5. The number of fused-ring (bicyclic) bond motifs is 1. The fraction of sp³-hybridized carbons (Fsp3) is 0.0769. The monoisotopic (exact) mass is 442 g/mol. The highest BCUT2D eigenvalue weighted by atomic mass is 32.1. The van der Waals surface area contributed by atoms with Gasteiger partial charge in [-0.05, 0) is 49.8 Å². The molecule has 0 spiro atoms. The average Bonchev–Trinajstić information content (AvgIpc) is 3.50. The smallest absolute Gasteiger partial charge is 0.176 e. The summed E-state index contributed by atoms with van der Waals surface area (Å²) in [6.07, 6.45) is 11.2. The number of hydrogen-bond acceptors (Lipinski definition) is 3. The molecule has 4 aromatic heterocycles. The van der Waals surface area contributed by atoms with Gasteiger partial charge in [0.1, 0.15) is 11.2 Å². The van der Waals surface area contributed by atoms with E-state index >= 15 is 0 Å². The van der Waals surface area contributed by atoms with Crippen molar-refractivity contribution in [3.05, 3.63) is 107 Å². The number of pyridine rings is 1. The molecule has 160 valence electrons. The summed E-state index contributed by atoms with van der Waals surface area (Å²) in [5, 5.41) is 7.37. The maximum atomic E-state index is 13.7. The van der Waals surface area contributed by atoms with Crippen LogP contribution in [-0.4, -0.2) is 20.2 Å². The van der Waals surface area contributed by atoms with E-state index < -0.39 is 0 Å². The second-order valence-corrected chi connectivity index (χ2v) is 8.18. The van der Waals surface area contributed by atoms with Crippen LogP contribution in [0.2, 0.25) is 0 Å². The molecular formula is C26H23FN4S. The minimum atomic E-state index is -0.219. The number of aryl methyl sites for hydroxylation is 1. The summed E-state index contributed by atoms with van der Waals surface area (Å²) in [5.74, 6) is 0. The molecule has 0 saturated carbocycles. The highest BCUT2D eigenvalue weighted by molar-refractivity contribution is 7.11. The van der Waals surface area contributed by atoms with E-state index in [4.69, 9.17) is 4.98 Å². The maximum absolute atomic E-state index is 13.7. The number of nitrogens with one attached hydrogen (secondary N) is 2. The first-order valence-electron chi connectivity index (χ1n) is 10.2. The fourth-order valence-electron chi connectivity index (χ4n) is 3.60. The lowest BCUT2D eigenvalue weighted by molar-refractivity contribution is 0.657. The van der Waals surface area contributed by atoms with E-state index in [0.717, 1.165) is 66.7 Å². The van der Waals surface area contributed by atoms with Crippen molar-refractivity contribution in [2.24, 2.45) is 0 Å². The molecule has 4 heterocycles. The SMILES string of the molecule is C=C/C=C\C(=C/C)c1ccc2[nH]nc(-c3cc(/C(=C\C=C)c4ccc(F)s4)c(C)[nH]3)c2n1. The molecule has 0 bridgehead atoms. The number of halogens is 1. The highest BCUT2D eigenvalue weighted by Crippen LogP contribution is 2.35. The van der Waals surface area contributed by atoms with Crippen LogP contribution in [0, 0.1) is 12.1 Å². The quantitative estimate of drug-likeness (QED) is 0.297. The number of nitrogens with zero attached hydrogens (tertiary/aromatic N) is 2. The molecule has 4 aromatic rings. The first-order valence-corrected chi connectivity index (χ1v) is 11.0. The molecular weight excluding hydrogens is 419 g/mol. The lowest BCUT2D eigenvalue weighted by atomic mass is 10.0. The summed E-state index contributed by atoms with van der Waals surface area (Å²) in [4.78, 5) is 9.14. The number of thiophene rings is 1. The van der Waals surface area contributed by atoms with E-state index in [9.17, 15) is 4.39 Å². The van der Waals surface area contributed by atoms with Crippen LogP contribution in [0.1, 0.15) is 28.8 Å². The Hall–Kier alpha value is -3.77. The van der Waals surface area contributed by atoms with Crippen LogP contribution in [-0.2, 0) is 0 Å². The van der Waals surface area contributed by atoms with Crippen LogP contribution >= 0.6 is 11.3 Å². The molecule has 4 nitrogen and oxygen atoms in total. The Bertz CT molecular complexity index is 1390. The third-order valence-corrected chi connectivity index (χ3v) is 6.02. The van der Waals surface area contributed by atoms with Crippen LogP contribution in [0.25, 0.3) is 33.6 Å². The number of aromatic amines is 2. The summed E-state index contributed by atoms with van der Waals surface area (Å²) >= 11 is 1.11. The van der Waals surface area contributed by atoms with Gasteiger partial charge in [0.2, 0.25) is 0 Å². The number of aromatic nitrogens is 4. The second-order valence-electron chi connectivity index (χ2n) is 7.15. The van der Waals surface area contributed by atoms with Gasteiger partial charge in [0.25, 0.3) is 0 Å². The van der Waals surface area contributed by atoms with E-state index in [1.807, 2.05) is 56.4 Å². The van der Waals surface area contributed by atoms with Gasteiger partial charge in [-0.2, -0.15) is 9.49 Å². The Balaban J connectivity index is 1.81. The minimum absolute atomic E-state index is 0.219. The molecule has 2 N–H and O–H groups in total. The average molecular weight is 443 g/mol. The van der Waals surface area contributed by atoms with Crippen LogP contribution in [0.15, 0.2) is 79.9 Å². The number of hydrogen-bond donors (Lipinski definition) is 2. The Morgan fingerprint density at radius 3 is 2.69 bits per heavy atom. The largest absolute Gasteiger partial charge is 0.357 e. The Morgan fingerprint density at radius 1 is 1.16 bits per heavy atom. The Kier molecular flexibility index (Phi) is 6.14. The van der Waals surface area contributed by atoms with E-state index in [0.29, 0.717) is 0 Å². The molecule has 0 radical (unpaired) electrons. The lowest BCUT2D eigenvalue weighted by Crippen LogP contribution is -1.88. The standard InChI is InChI=1S/C26H23FN4S/c1-5-8-10-17(7-3)20-11-12-21-25(29-20)26(31-30-21)22-15-19(16(4)28-22)18(9-6-2)23-13-14-24(27)32-23/h5-15,28H,1-2H2,3-4H3,(H,30,31)/b10-8-,17-7+,18-9+. The zero-order valence-electron chi connectivity index (χ0n) is 17.9. The summed E-state index contributed by atoms with van der Waals surface area (Å²) in [7, 11) is 0. The zero-order chi connectivity index (χ0) is 22.7. The maximum Gasteiger partial charge on any atom is 0.176 e. The van der Waals surface area contributed by atoms with Crippen LogP contribution < -0.4 is 0 Å². The van der Waals surface area contributed by atoms with E-state index in [2.05, 4.69) is 28.3 Å². The molecule has 32 heavy (non-hydrogen) atoms. The molecule has 0 unspecified atom stereocenters. The van der Waals surface area contributed by atoms with Crippen molar-refractivity contribution in [3.8, 4) is 11.4 Å². The van der Waals surface area contributed by atoms with Gasteiger partial charge in [-0.1, -0.05) is 49.6 Å². The van der Waals surface area contributed by atoms with Gasteiger partial charge in [0.05, 0.1) is 16.9 Å². The van der Waals surface area contributed by atoms with Crippen LogP contribution in [0.4, 0.5) is 4.39 Å². The van der Waals surface area contributed by atoms with E-state index in [1.54, 1.807) is 18.2 Å². The molecule has 0 aromatic carbocycles. The molecule has 0 aliphatic heterocycles. The van der Waals surface area contributed by atoms with Crippen LogP contribution in [0.3, 0.4) is 0 Å². The molecule has 0 fully saturated rings. The Morgan fingerprint density at radius 2 is 2.00 bits per heavy atom. The second kappa shape index (κ2) is 9.16. The van der Waals surface area contributed by atoms with E-state index in [-0.39, 0.29) is 5.13 Å². The third-order valence-electron chi connectivity index (χ3n) is 5.11. The van der Waals surface area contributed by atoms with Crippen molar-refractivity contribution in [2.75, 3.05) is 0 Å². The number of allylic oxidation sites excluding steroid dienone is 7. The third kappa shape index (κ3) is 4.05. The number of H-pyrrole nitrogens is 2. The van der Waals surface area contributed by atoms with Gasteiger partial charge < -0.3 is 4.98 Å². The normalized spacial score (nSPS) is 12.7. The summed E-state index contributed by atoms with van der Waals surface area (Å²) in [6, 6.07) is 9.24. The molecule has 0 amide bonds. The predicted octanol–water partition coefficient (Wildman–Crippen LogP) is 7.23. The zero-order valence-corrected chi connectivity index (χ0v) is 18.8. The topological polar surface area (TPSA) is 57.4 Å². The van der Waals surface area contributed by atoms with Crippen molar-refractivity contribution < 1.29 is 4.39 Å². The number of rotatable bonds is 7. The molecule has 0 aliphatic rings. The van der Waals surface area contributed by atoms with Crippen molar-refractivity contribution in [3.63, 3.8) is 0 Å². The summed E-state index contributed by atoms with van der Waals surface area (Å²) < 4.78 is 13.7. The predicted molar refractivity (Wildman–Crippen MR) is 133 cm³/mol. The van der Waals surface area contributed by atoms with E-state index in [1.165, 1.54) is 6.07 Å². The first-order chi connectivity index (χ1) is 15.5. The van der Waals surface area contributed by atoms with Crippen LogP contribution in [0.5, 0.6) is 0 Å². The Labute approximate surface area is 190 Å². The van der Waals surface area contributed by atoms with Gasteiger partial charge in [0.15, 0.2) is 5.13 Å². The van der Waals surface area contributed by atoms with Crippen molar-refractivity contribution in [1.29, 1.82) is 0 Å². The molecule has 0 saturated heterocycles. The lowest BCUT2D eigenvalue weighted by Gasteiger charge is -2.03. The van der Waals surface area contributed by atoms with Gasteiger partial charge in [0, 0.05) is 21.7 Å².